The summed E-state index contributed by atoms with van der Waals surface area (Å²) >= 11 is 1.64. The van der Waals surface area contributed by atoms with Gasteiger partial charge in [0.1, 0.15) is 11.7 Å². The average molecular weight is 228 g/mol. The molecule has 2 rings (SSSR count). The lowest BCUT2D eigenvalue weighted by atomic mass is 10.4. The van der Waals surface area contributed by atoms with Crippen LogP contribution in [0.2, 0.25) is 0 Å². The summed E-state index contributed by atoms with van der Waals surface area (Å²) in [5.41, 5.74) is -0.142. The first-order chi connectivity index (χ1) is 7.08. The molecule has 2 heterocycles. The largest absolute Gasteiger partial charge is 0.343 e. The maximum absolute atomic E-state index is 11.5. The number of aryl methyl sites for hydroxylation is 1. The van der Waals surface area contributed by atoms with Crippen molar-refractivity contribution in [3.63, 3.8) is 0 Å². The summed E-state index contributed by atoms with van der Waals surface area (Å²) in [7, 11) is 0. The van der Waals surface area contributed by atoms with Crippen molar-refractivity contribution in [3.05, 3.63) is 32.6 Å². The number of aromatic nitrogens is 2. The first kappa shape index (κ1) is 10.5. The van der Waals surface area contributed by atoms with Crippen LogP contribution in [0.15, 0.2) is 15.8 Å². The van der Waals surface area contributed by atoms with E-state index in [0.717, 1.165) is 5.75 Å². The van der Waals surface area contributed by atoms with E-state index < -0.39 is 5.69 Å². The number of rotatable bonds is 1. The van der Waals surface area contributed by atoms with E-state index in [-0.39, 0.29) is 17.2 Å². The van der Waals surface area contributed by atoms with Gasteiger partial charge in [0.25, 0.3) is 5.56 Å². The highest BCUT2D eigenvalue weighted by atomic mass is 32.2. The van der Waals surface area contributed by atoms with Crippen molar-refractivity contribution in [2.45, 2.75) is 25.5 Å². The van der Waals surface area contributed by atoms with Crippen molar-refractivity contribution in [2.24, 2.45) is 0 Å². The molecule has 1 aliphatic rings. The molecule has 5 nitrogen and oxygen atoms in total. The summed E-state index contributed by atoms with van der Waals surface area (Å²) in [4.78, 5) is 24.9. The molecule has 0 amide bonds. The van der Waals surface area contributed by atoms with Gasteiger partial charge in [-0.25, -0.2) is 4.79 Å². The Bertz CT molecular complexity index is 479. The average Bonchev–Trinajstić information content (AvgIpc) is 2.58. The lowest BCUT2D eigenvalue weighted by Gasteiger charge is -2.13. The molecule has 1 aliphatic heterocycles. The monoisotopic (exact) mass is 228 g/mol. The molecule has 1 N–H and O–H groups in total. The molecule has 2 unspecified atom stereocenters. The van der Waals surface area contributed by atoms with Crippen molar-refractivity contribution >= 4 is 11.8 Å². The van der Waals surface area contributed by atoms with Gasteiger partial charge in [-0.1, -0.05) is 0 Å². The molecule has 0 bridgehead atoms. The van der Waals surface area contributed by atoms with E-state index >= 15 is 0 Å². The quantitative estimate of drug-likeness (QED) is 0.758. The summed E-state index contributed by atoms with van der Waals surface area (Å²) in [6.07, 6.45) is 1.28. The maximum Gasteiger partial charge on any atom is 0.330 e. The molecule has 0 saturated carbocycles. The summed E-state index contributed by atoms with van der Waals surface area (Å²) in [6.45, 7) is 3.61. The lowest BCUT2D eigenvalue weighted by molar-refractivity contribution is 0.0234. The van der Waals surface area contributed by atoms with Gasteiger partial charge in [-0.15, -0.1) is 11.8 Å². The standard InChI is InChI=1S/C9H12N2O3S/c1-5-3-11(9(13)10-8(5)12)7-4-15-6(2)14-7/h3,6-7H,4H2,1-2H3,(H,10,12,13). The van der Waals surface area contributed by atoms with Gasteiger partial charge in [-0.3, -0.25) is 14.3 Å². The van der Waals surface area contributed by atoms with E-state index in [9.17, 15) is 9.59 Å². The van der Waals surface area contributed by atoms with Crippen molar-refractivity contribution in [1.82, 2.24) is 9.55 Å². The SMILES string of the molecule is Cc1cn(C2CSC(C)O2)c(=O)[nH]c1=O. The number of ether oxygens (including phenoxy) is 1. The normalized spacial score (nSPS) is 25.7. The Balaban J connectivity index is 2.41. The third kappa shape index (κ3) is 2.00. The van der Waals surface area contributed by atoms with Crippen LogP contribution in [-0.2, 0) is 4.74 Å². The lowest BCUT2D eigenvalue weighted by Crippen LogP contribution is -2.34. The summed E-state index contributed by atoms with van der Waals surface area (Å²) in [6, 6.07) is 0. The van der Waals surface area contributed by atoms with Gasteiger partial charge >= 0.3 is 5.69 Å². The molecule has 2 atom stereocenters. The van der Waals surface area contributed by atoms with Gasteiger partial charge in [-0.05, 0) is 13.8 Å². The molecule has 82 valence electrons. The third-order valence-corrected chi connectivity index (χ3v) is 3.34. The highest BCUT2D eigenvalue weighted by Crippen LogP contribution is 2.29. The number of H-pyrrole nitrogens is 1. The maximum atomic E-state index is 11.5. The Hall–Kier alpha value is -1.01. The fourth-order valence-corrected chi connectivity index (χ4v) is 2.35. The fraction of sp³-hybridized carbons (Fsp3) is 0.556. The number of nitrogens with one attached hydrogen (secondary N) is 1. The van der Waals surface area contributed by atoms with Crippen LogP contribution in [0.5, 0.6) is 0 Å². The molecule has 0 radical (unpaired) electrons. The smallest absolute Gasteiger partial charge is 0.330 e. The van der Waals surface area contributed by atoms with Crippen molar-refractivity contribution in [2.75, 3.05) is 5.75 Å². The van der Waals surface area contributed by atoms with Gasteiger partial charge in [0, 0.05) is 17.5 Å². The molecule has 1 aromatic heterocycles. The Morgan fingerprint density at radius 3 is 2.93 bits per heavy atom. The van der Waals surface area contributed by atoms with E-state index in [1.807, 2.05) is 6.92 Å². The zero-order chi connectivity index (χ0) is 11.0. The Labute approximate surface area is 90.5 Å². The highest BCUT2D eigenvalue weighted by molar-refractivity contribution is 7.99. The summed E-state index contributed by atoms with van der Waals surface area (Å²) in [5.74, 6) is 0.729. The van der Waals surface area contributed by atoms with E-state index in [4.69, 9.17) is 4.74 Å². The van der Waals surface area contributed by atoms with E-state index in [1.54, 1.807) is 24.9 Å². The molecule has 15 heavy (non-hydrogen) atoms. The van der Waals surface area contributed by atoms with E-state index in [0.29, 0.717) is 5.56 Å². The second kappa shape index (κ2) is 3.86. The minimum Gasteiger partial charge on any atom is -0.343 e. The van der Waals surface area contributed by atoms with Crippen LogP contribution < -0.4 is 11.2 Å². The van der Waals surface area contributed by atoms with E-state index in [1.165, 1.54) is 4.57 Å². The predicted molar refractivity (Wildman–Crippen MR) is 58.1 cm³/mol. The fourth-order valence-electron chi connectivity index (χ4n) is 1.46. The summed E-state index contributed by atoms with van der Waals surface area (Å²) in [5, 5.41) is 0. The van der Waals surface area contributed by atoms with Crippen LogP contribution in [0, 0.1) is 6.92 Å². The van der Waals surface area contributed by atoms with Gasteiger partial charge in [0.05, 0.1) is 0 Å². The zero-order valence-corrected chi connectivity index (χ0v) is 9.34. The number of aromatic amines is 1. The van der Waals surface area contributed by atoms with Gasteiger partial charge < -0.3 is 4.74 Å². The molecule has 1 aromatic rings. The molecule has 0 spiro atoms. The first-order valence-electron chi connectivity index (χ1n) is 4.67. The van der Waals surface area contributed by atoms with Crippen LogP contribution >= 0.6 is 11.8 Å². The molecule has 0 aliphatic carbocycles. The highest BCUT2D eigenvalue weighted by Gasteiger charge is 2.24. The van der Waals surface area contributed by atoms with Crippen LogP contribution in [0.4, 0.5) is 0 Å². The van der Waals surface area contributed by atoms with E-state index in [2.05, 4.69) is 4.98 Å². The zero-order valence-electron chi connectivity index (χ0n) is 8.52. The molecular formula is C9H12N2O3S. The van der Waals surface area contributed by atoms with Crippen LogP contribution in [-0.4, -0.2) is 20.7 Å². The molecule has 1 saturated heterocycles. The van der Waals surface area contributed by atoms with Gasteiger partial charge in [0.15, 0.2) is 0 Å². The third-order valence-electron chi connectivity index (χ3n) is 2.28. The second-order valence-electron chi connectivity index (χ2n) is 3.47. The second-order valence-corrected chi connectivity index (χ2v) is 4.80. The Morgan fingerprint density at radius 1 is 1.60 bits per heavy atom. The van der Waals surface area contributed by atoms with Crippen molar-refractivity contribution in [1.29, 1.82) is 0 Å². The predicted octanol–water partition coefficient (Wildman–Crippen LogP) is 0.453. The Morgan fingerprint density at radius 2 is 2.33 bits per heavy atom. The number of nitrogens with zero attached hydrogens (tertiary/aromatic N) is 1. The molecule has 6 heteroatoms. The number of thioether (sulfide) groups is 1. The number of hydrogen-bond donors (Lipinski definition) is 1. The molecule has 0 aromatic carbocycles. The minimum absolute atomic E-state index is 0.0918. The van der Waals surface area contributed by atoms with Crippen molar-refractivity contribution in [3.8, 4) is 0 Å². The van der Waals surface area contributed by atoms with Gasteiger partial charge in [0.2, 0.25) is 0 Å². The molecule has 1 fully saturated rings. The minimum atomic E-state index is -0.412. The van der Waals surface area contributed by atoms with Crippen molar-refractivity contribution < 1.29 is 4.74 Å². The van der Waals surface area contributed by atoms with Crippen LogP contribution in [0.1, 0.15) is 18.7 Å². The molecular weight excluding hydrogens is 216 g/mol. The summed E-state index contributed by atoms with van der Waals surface area (Å²) < 4.78 is 6.96. The van der Waals surface area contributed by atoms with Gasteiger partial charge in [-0.2, -0.15) is 0 Å². The Kier molecular flexibility index (Phi) is 2.70. The van der Waals surface area contributed by atoms with Crippen LogP contribution in [0.3, 0.4) is 0 Å². The van der Waals surface area contributed by atoms with Crippen LogP contribution in [0.25, 0.3) is 0 Å². The first-order valence-corrected chi connectivity index (χ1v) is 5.72. The number of hydrogen-bond acceptors (Lipinski definition) is 4. The topological polar surface area (TPSA) is 64.1 Å².